The molecule has 1 heteroatoms. The Balaban J connectivity index is 2.30. The molecule has 2 rings (SSSR count). The Labute approximate surface area is 80.0 Å². The van der Waals surface area contributed by atoms with Gasteiger partial charge in [0.25, 0.3) is 0 Å². The lowest BCUT2D eigenvalue weighted by molar-refractivity contribution is 0.933. The SMILES string of the molecule is Cc1ccc(C2CC2)c(CCN)c1. The first kappa shape index (κ1) is 8.76. The summed E-state index contributed by atoms with van der Waals surface area (Å²) >= 11 is 0. The van der Waals surface area contributed by atoms with Crippen LogP contribution >= 0.6 is 0 Å². The fourth-order valence-electron chi connectivity index (χ4n) is 1.90. The molecular formula is C12H17N. The number of hydrogen-bond acceptors (Lipinski definition) is 1. The van der Waals surface area contributed by atoms with Gasteiger partial charge in [0.1, 0.15) is 0 Å². The minimum atomic E-state index is 0.767. The highest BCUT2D eigenvalue weighted by Crippen LogP contribution is 2.41. The third-order valence-electron chi connectivity index (χ3n) is 2.73. The van der Waals surface area contributed by atoms with Crippen LogP contribution in [0.1, 0.15) is 35.4 Å². The van der Waals surface area contributed by atoms with E-state index in [0.717, 1.165) is 18.9 Å². The summed E-state index contributed by atoms with van der Waals surface area (Å²) in [6, 6.07) is 6.80. The van der Waals surface area contributed by atoms with Gasteiger partial charge in [-0.1, -0.05) is 23.8 Å². The molecule has 1 fully saturated rings. The van der Waals surface area contributed by atoms with Crippen LogP contribution in [0, 0.1) is 6.92 Å². The van der Waals surface area contributed by atoms with E-state index in [0.29, 0.717) is 0 Å². The zero-order chi connectivity index (χ0) is 9.26. The molecule has 1 aromatic carbocycles. The molecule has 0 heterocycles. The molecule has 0 saturated heterocycles. The summed E-state index contributed by atoms with van der Waals surface area (Å²) in [5, 5.41) is 0. The van der Waals surface area contributed by atoms with E-state index in [1.165, 1.54) is 24.0 Å². The maximum absolute atomic E-state index is 5.60. The van der Waals surface area contributed by atoms with Crippen molar-refractivity contribution in [3.63, 3.8) is 0 Å². The number of nitrogens with two attached hydrogens (primary N) is 1. The molecule has 1 aromatic rings. The van der Waals surface area contributed by atoms with Crippen molar-refractivity contribution in [3.05, 3.63) is 34.9 Å². The average Bonchev–Trinajstić information content (AvgIpc) is 2.88. The van der Waals surface area contributed by atoms with Gasteiger partial charge in [0.05, 0.1) is 0 Å². The molecule has 0 atom stereocenters. The van der Waals surface area contributed by atoms with Crippen molar-refractivity contribution >= 4 is 0 Å². The first-order valence-corrected chi connectivity index (χ1v) is 5.11. The highest BCUT2D eigenvalue weighted by molar-refractivity contribution is 5.36. The fourth-order valence-corrected chi connectivity index (χ4v) is 1.90. The molecule has 1 aliphatic carbocycles. The highest BCUT2D eigenvalue weighted by atomic mass is 14.5. The maximum Gasteiger partial charge on any atom is -0.00366 e. The molecule has 0 amide bonds. The van der Waals surface area contributed by atoms with E-state index in [1.807, 2.05) is 0 Å². The van der Waals surface area contributed by atoms with E-state index in [2.05, 4.69) is 25.1 Å². The van der Waals surface area contributed by atoms with Gasteiger partial charge in [0.15, 0.2) is 0 Å². The zero-order valence-corrected chi connectivity index (χ0v) is 8.22. The molecule has 70 valence electrons. The summed E-state index contributed by atoms with van der Waals surface area (Å²) in [6.45, 7) is 2.92. The molecule has 0 bridgehead atoms. The van der Waals surface area contributed by atoms with Gasteiger partial charge in [-0.15, -0.1) is 0 Å². The predicted octanol–water partition coefficient (Wildman–Crippen LogP) is 2.37. The number of hydrogen-bond donors (Lipinski definition) is 1. The Kier molecular flexibility index (Phi) is 2.36. The second-order valence-electron chi connectivity index (χ2n) is 4.02. The Bertz CT molecular complexity index is 300. The first-order valence-electron chi connectivity index (χ1n) is 5.11. The lowest BCUT2D eigenvalue weighted by Crippen LogP contribution is -2.05. The molecule has 1 saturated carbocycles. The standard InChI is InChI=1S/C12H17N/c1-9-2-5-12(10-3-4-10)11(8-9)6-7-13/h2,5,8,10H,3-4,6-7,13H2,1H3. The van der Waals surface area contributed by atoms with Crippen molar-refractivity contribution in [2.24, 2.45) is 5.73 Å². The Morgan fingerprint density at radius 1 is 1.38 bits per heavy atom. The Hall–Kier alpha value is -0.820. The molecule has 1 nitrogen and oxygen atoms in total. The number of benzene rings is 1. The number of aryl methyl sites for hydroxylation is 1. The largest absolute Gasteiger partial charge is 0.330 e. The first-order chi connectivity index (χ1) is 6.31. The smallest absolute Gasteiger partial charge is 0.00366 e. The van der Waals surface area contributed by atoms with Crippen LogP contribution < -0.4 is 5.73 Å². The van der Waals surface area contributed by atoms with Gasteiger partial charge in [-0.05, 0) is 49.8 Å². The fraction of sp³-hybridized carbons (Fsp3) is 0.500. The lowest BCUT2D eigenvalue weighted by Gasteiger charge is -2.08. The molecular weight excluding hydrogens is 158 g/mol. The second kappa shape index (κ2) is 3.51. The van der Waals surface area contributed by atoms with Crippen LogP contribution in [0.3, 0.4) is 0 Å². The van der Waals surface area contributed by atoms with Gasteiger partial charge in [-0.2, -0.15) is 0 Å². The van der Waals surface area contributed by atoms with E-state index in [1.54, 1.807) is 5.56 Å². The molecule has 0 radical (unpaired) electrons. The number of rotatable bonds is 3. The van der Waals surface area contributed by atoms with Gasteiger partial charge < -0.3 is 5.73 Å². The quantitative estimate of drug-likeness (QED) is 0.750. The summed E-state index contributed by atoms with van der Waals surface area (Å²) in [5.74, 6) is 0.849. The van der Waals surface area contributed by atoms with Crippen LogP contribution in [0.25, 0.3) is 0 Å². The van der Waals surface area contributed by atoms with Crippen LogP contribution in [0.2, 0.25) is 0 Å². The summed E-state index contributed by atoms with van der Waals surface area (Å²) < 4.78 is 0. The van der Waals surface area contributed by atoms with E-state index in [9.17, 15) is 0 Å². The summed E-state index contributed by atoms with van der Waals surface area (Å²) in [4.78, 5) is 0. The molecule has 13 heavy (non-hydrogen) atoms. The molecule has 0 aliphatic heterocycles. The van der Waals surface area contributed by atoms with Gasteiger partial charge in [-0.3, -0.25) is 0 Å². The van der Waals surface area contributed by atoms with E-state index >= 15 is 0 Å². The maximum atomic E-state index is 5.60. The highest BCUT2D eigenvalue weighted by Gasteiger charge is 2.25. The van der Waals surface area contributed by atoms with Crippen molar-refractivity contribution in [3.8, 4) is 0 Å². The zero-order valence-electron chi connectivity index (χ0n) is 8.22. The Morgan fingerprint density at radius 2 is 2.15 bits per heavy atom. The second-order valence-corrected chi connectivity index (χ2v) is 4.02. The molecule has 0 spiro atoms. The summed E-state index contributed by atoms with van der Waals surface area (Å²) in [7, 11) is 0. The van der Waals surface area contributed by atoms with E-state index in [4.69, 9.17) is 5.73 Å². The van der Waals surface area contributed by atoms with Crippen LogP contribution in [0.5, 0.6) is 0 Å². The minimum absolute atomic E-state index is 0.767. The van der Waals surface area contributed by atoms with Crippen LogP contribution in [0.4, 0.5) is 0 Å². The van der Waals surface area contributed by atoms with Gasteiger partial charge in [-0.25, -0.2) is 0 Å². The lowest BCUT2D eigenvalue weighted by atomic mass is 9.98. The van der Waals surface area contributed by atoms with Crippen LogP contribution in [0.15, 0.2) is 18.2 Å². The van der Waals surface area contributed by atoms with Gasteiger partial charge >= 0.3 is 0 Å². The Morgan fingerprint density at radius 3 is 2.77 bits per heavy atom. The van der Waals surface area contributed by atoms with Crippen molar-refractivity contribution in [1.82, 2.24) is 0 Å². The van der Waals surface area contributed by atoms with Crippen molar-refractivity contribution in [1.29, 1.82) is 0 Å². The van der Waals surface area contributed by atoms with Crippen LogP contribution in [-0.2, 0) is 6.42 Å². The van der Waals surface area contributed by atoms with Crippen molar-refractivity contribution < 1.29 is 0 Å². The van der Waals surface area contributed by atoms with E-state index in [-0.39, 0.29) is 0 Å². The minimum Gasteiger partial charge on any atom is -0.330 e. The molecule has 0 unspecified atom stereocenters. The normalized spacial score (nSPS) is 16.2. The van der Waals surface area contributed by atoms with Gasteiger partial charge in [0, 0.05) is 0 Å². The summed E-state index contributed by atoms with van der Waals surface area (Å²) in [5.41, 5.74) is 9.98. The predicted molar refractivity (Wildman–Crippen MR) is 55.9 cm³/mol. The van der Waals surface area contributed by atoms with Crippen molar-refractivity contribution in [2.75, 3.05) is 6.54 Å². The van der Waals surface area contributed by atoms with Crippen LogP contribution in [-0.4, -0.2) is 6.54 Å². The monoisotopic (exact) mass is 175 g/mol. The van der Waals surface area contributed by atoms with Crippen molar-refractivity contribution in [2.45, 2.75) is 32.1 Å². The van der Waals surface area contributed by atoms with Gasteiger partial charge in [0.2, 0.25) is 0 Å². The molecule has 2 N–H and O–H groups in total. The van der Waals surface area contributed by atoms with E-state index < -0.39 is 0 Å². The topological polar surface area (TPSA) is 26.0 Å². The third kappa shape index (κ3) is 1.92. The average molecular weight is 175 g/mol. The third-order valence-corrected chi connectivity index (χ3v) is 2.73. The molecule has 1 aliphatic rings. The molecule has 0 aromatic heterocycles. The summed E-state index contributed by atoms with van der Waals surface area (Å²) in [6.07, 6.45) is 3.79.